The first-order chi connectivity index (χ1) is 15.5. The molecule has 0 radical (unpaired) electrons. The third kappa shape index (κ3) is 3.64. The number of rotatable bonds is 6. The summed E-state index contributed by atoms with van der Waals surface area (Å²) in [6.45, 7) is 1.39. The van der Waals surface area contributed by atoms with Crippen molar-refractivity contribution in [2.24, 2.45) is 5.92 Å². The number of para-hydroxylation sites is 1. The average Bonchev–Trinajstić information content (AvgIpc) is 3.46. The summed E-state index contributed by atoms with van der Waals surface area (Å²) in [4.78, 5) is 32.0. The van der Waals surface area contributed by atoms with E-state index < -0.39 is 0 Å². The maximum absolute atomic E-state index is 13.2. The maximum atomic E-state index is 13.2. The van der Waals surface area contributed by atoms with Crippen LogP contribution in [0.25, 0.3) is 21.9 Å². The minimum absolute atomic E-state index is 0.228. The normalized spacial score (nSPS) is 13.6. The number of carbonyl (C=O) groups excluding carboxylic acids is 2. The molecule has 1 saturated carbocycles. The van der Waals surface area contributed by atoms with Gasteiger partial charge in [0.15, 0.2) is 0 Å². The molecule has 4 aromatic rings. The van der Waals surface area contributed by atoms with Crippen molar-refractivity contribution in [3.05, 3.63) is 66.1 Å². The molecule has 3 heterocycles. The SMILES string of the molecule is CN(C)C(=O)n1c(C(=O)NCCc2ccncc2)cc2c1c1ccccc1n2CC1CC1. The molecule has 7 nitrogen and oxygen atoms in total. The van der Waals surface area contributed by atoms with Gasteiger partial charge in [0, 0.05) is 45.0 Å². The summed E-state index contributed by atoms with van der Waals surface area (Å²) >= 11 is 0. The fourth-order valence-corrected chi connectivity index (χ4v) is 4.28. The zero-order valence-electron chi connectivity index (χ0n) is 18.4. The lowest BCUT2D eigenvalue weighted by Gasteiger charge is -2.15. The number of hydrogen-bond acceptors (Lipinski definition) is 3. The lowest BCUT2D eigenvalue weighted by atomic mass is 10.2. The first kappa shape index (κ1) is 20.3. The van der Waals surface area contributed by atoms with E-state index in [-0.39, 0.29) is 11.9 Å². The number of aromatic nitrogens is 3. The van der Waals surface area contributed by atoms with Gasteiger partial charge in [-0.15, -0.1) is 0 Å². The number of amides is 2. The molecule has 5 rings (SSSR count). The summed E-state index contributed by atoms with van der Waals surface area (Å²) < 4.78 is 3.85. The van der Waals surface area contributed by atoms with Crippen LogP contribution in [0.3, 0.4) is 0 Å². The Morgan fingerprint density at radius 3 is 2.56 bits per heavy atom. The molecule has 1 aliphatic carbocycles. The Bertz CT molecular complexity index is 1300. The van der Waals surface area contributed by atoms with Crippen molar-refractivity contribution >= 4 is 33.9 Å². The van der Waals surface area contributed by atoms with Crippen LogP contribution in [-0.4, -0.2) is 51.6 Å². The van der Waals surface area contributed by atoms with Gasteiger partial charge in [-0.25, -0.2) is 4.79 Å². The molecule has 0 aliphatic heterocycles. The van der Waals surface area contributed by atoms with Crippen LogP contribution in [0.2, 0.25) is 0 Å². The molecule has 164 valence electrons. The molecule has 3 aromatic heterocycles. The van der Waals surface area contributed by atoms with Gasteiger partial charge in [0.05, 0.1) is 16.6 Å². The second-order valence-corrected chi connectivity index (χ2v) is 8.71. The van der Waals surface area contributed by atoms with Gasteiger partial charge in [-0.2, -0.15) is 0 Å². The Morgan fingerprint density at radius 1 is 1.09 bits per heavy atom. The van der Waals surface area contributed by atoms with Gasteiger partial charge < -0.3 is 14.8 Å². The largest absolute Gasteiger partial charge is 0.350 e. The van der Waals surface area contributed by atoms with E-state index in [4.69, 9.17) is 0 Å². The molecule has 7 heteroatoms. The van der Waals surface area contributed by atoms with Gasteiger partial charge in [-0.05, 0) is 55.0 Å². The molecule has 0 spiro atoms. The van der Waals surface area contributed by atoms with Crippen LogP contribution in [0.5, 0.6) is 0 Å². The zero-order chi connectivity index (χ0) is 22.2. The monoisotopic (exact) mass is 429 g/mol. The predicted molar refractivity (Wildman–Crippen MR) is 125 cm³/mol. The molecular formula is C25H27N5O2. The zero-order valence-corrected chi connectivity index (χ0v) is 18.4. The van der Waals surface area contributed by atoms with Gasteiger partial charge in [0.25, 0.3) is 5.91 Å². The smallest absolute Gasteiger partial charge is 0.328 e. The van der Waals surface area contributed by atoms with E-state index in [0.29, 0.717) is 24.6 Å². The molecule has 0 bridgehead atoms. The molecule has 2 amide bonds. The summed E-state index contributed by atoms with van der Waals surface area (Å²) in [5.74, 6) is 0.423. The minimum atomic E-state index is -0.243. The van der Waals surface area contributed by atoms with Crippen molar-refractivity contribution in [1.82, 2.24) is 24.3 Å². The van der Waals surface area contributed by atoms with Gasteiger partial charge >= 0.3 is 6.03 Å². The lowest BCUT2D eigenvalue weighted by molar-refractivity contribution is 0.0945. The van der Waals surface area contributed by atoms with E-state index >= 15 is 0 Å². The summed E-state index contributed by atoms with van der Waals surface area (Å²) in [7, 11) is 3.42. The Labute approximate surface area is 186 Å². The Hall–Kier alpha value is -3.61. The average molecular weight is 430 g/mol. The summed E-state index contributed by atoms with van der Waals surface area (Å²) in [6.07, 6.45) is 6.65. The van der Waals surface area contributed by atoms with Crippen LogP contribution in [0.15, 0.2) is 54.9 Å². The van der Waals surface area contributed by atoms with E-state index in [9.17, 15) is 9.59 Å². The van der Waals surface area contributed by atoms with Gasteiger partial charge in [0.1, 0.15) is 5.69 Å². The van der Waals surface area contributed by atoms with E-state index in [0.717, 1.165) is 34.0 Å². The molecular weight excluding hydrogens is 402 g/mol. The van der Waals surface area contributed by atoms with Crippen LogP contribution in [-0.2, 0) is 13.0 Å². The van der Waals surface area contributed by atoms with Crippen molar-refractivity contribution in [2.45, 2.75) is 25.8 Å². The number of fused-ring (bicyclic) bond motifs is 3. The predicted octanol–water partition coefficient (Wildman–Crippen LogP) is 3.90. The third-order valence-corrected chi connectivity index (χ3v) is 6.11. The van der Waals surface area contributed by atoms with E-state index in [1.165, 1.54) is 17.7 Å². The summed E-state index contributed by atoms with van der Waals surface area (Å²) in [6, 6.07) is 13.7. The second kappa shape index (κ2) is 8.15. The van der Waals surface area contributed by atoms with E-state index in [2.05, 4.69) is 20.9 Å². The van der Waals surface area contributed by atoms with Crippen molar-refractivity contribution in [3.8, 4) is 0 Å². The highest BCUT2D eigenvalue weighted by atomic mass is 16.2. The fraction of sp³-hybridized carbons (Fsp3) is 0.320. The highest BCUT2D eigenvalue weighted by Gasteiger charge is 2.29. The van der Waals surface area contributed by atoms with Crippen LogP contribution >= 0.6 is 0 Å². The quantitative estimate of drug-likeness (QED) is 0.505. The molecule has 1 N–H and O–H groups in total. The van der Waals surface area contributed by atoms with Crippen molar-refractivity contribution < 1.29 is 9.59 Å². The first-order valence-corrected chi connectivity index (χ1v) is 11.1. The van der Waals surface area contributed by atoms with E-state index in [1.807, 2.05) is 36.4 Å². The number of nitrogens with zero attached hydrogens (tertiary/aromatic N) is 4. The number of nitrogens with one attached hydrogen (secondary N) is 1. The molecule has 0 saturated heterocycles. The lowest BCUT2D eigenvalue weighted by Crippen LogP contribution is -2.33. The van der Waals surface area contributed by atoms with Crippen molar-refractivity contribution in [1.29, 1.82) is 0 Å². The molecule has 0 unspecified atom stereocenters. The van der Waals surface area contributed by atoms with Crippen LogP contribution in [0, 0.1) is 5.92 Å². The van der Waals surface area contributed by atoms with Crippen molar-refractivity contribution in [3.63, 3.8) is 0 Å². The third-order valence-electron chi connectivity index (χ3n) is 6.11. The molecule has 1 aliphatic rings. The number of hydrogen-bond donors (Lipinski definition) is 1. The van der Waals surface area contributed by atoms with Crippen LogP contribution in [0.1, 0.15) is 28.9 Å². The standard InChI is InChI=1S/C25H27N5O2/c1-28(2)25(32)30-22(24(31)27-14-11-17-9-12-26-13-10-17)15-21-23(30)19-5-3-4-6-20(19)29(21)16-18-7-8-18/h3-6,9-10,12-13,15,18H,7-8,11,14,16H2,1-2H3,(H,27,31). The first-order valence-electron chi connectivity index (χ1n) is 11.1. The number of carbonyl (C=O) groups is 2. The van der Waals surface area contributed by atoms with Crippen LogP contribution < -0.4 is 5.32 Å². The molecule has 0 atom stereocenters. The minimum Gasteiger partial charge on any atom is -0.350 e. The molecule has 1 aromatic carbocycles. The summed E-state index contributed by atoms with van der Waals surface area (Å²) in [5, 5.41) is 3.99. The Balaban J connectivity index is 1.56. The topological polar surface area (TPSA) is 72.2 Å². The highest BCUT2D eigenvalue weighted by Crippen LogP contribution is 2.37. The van der Waals surface area contributed by atoms with Crippen molar-refractivity contribution in [2.75, 3.05) is 20.6 Å². The number of benzene rings is 1. The maximum Gasteiger partial charge on any atom is 0.328 e. The van der Waals surface area contributed by atoms with E-state index in [1.54, 1.807) is 31.1 Å². The van der Waals surface area contributed by atoms with Gasteiger partial charge in [-0.3, -0.25) is 14.3 Å². The highest BCUT2D eigenvalue weighted by molar-refractivity contribution is 6.14. The van der Waals surface area contributed by atoms with Gasteiger partial charge in [0.2, 0.25) is 0 Å². The van der Waals surface area contributed by atoms with Crippen LogP contribution in [0.4, 0.5) is 4.79 Å². The molecule has 1 fully saturated rings. The van der Waals surface area contributed by atoms with Gasteiger partial charge in [-0.1, -0.05) is 18.2 Å². The summed E-state index contributed by atoms with van der Waals surface area (Å²) in [5.41, 5.74) is 4.33. The number of pyridine rings is 1. The Morgan fingerprint density at radius 2 is 1.84 bits per heavy atom. The fourth-order valence-electron chi connectivity index (χ4n) is 4.28. The Kier molecular flexibility index (Phi) is 5.17. The molecule has 32 heavy (non-hydrogen) atoms. The second-order valence-electron chi connectivity index (χ2n) is 8.71.